The molecule has 3 aromatic rings. The minimum Gasteiger partial charge on any atom is -0.368 e. The van der Waals surface area contributed by atoms with E-state index in [2.05, 4.69) is 30.0 Å². The van der Waals surface area contributed by atoms with Crippen molar-refractivity contribution in [3.8, 4) is 11.1 Å². The molecule has 0 unspecified atom stereocenters. The number of anilines is 1. The largest absolute Gasteiger partial charge is 0.368 e. The first kappa shape index (κ1) is 20.9. The highest BCUT2D eigenvalue weighted by Gasteiger charge is 2.22. The molecule has 4 heteroatoms. The molecule has 1 aliphatic heterocycles. The zero-order valence-corrected chi connectivity index (χ0v) is 18.0. The van der Waals surface area contributed by atoms with Crippen LogP contribution in [-0.2, 0) is 4.79 Å². The topological polar surface area (TPSA) is 40.6 Å². The molecule has 4 rings (SSSR count). The Labute approximate surface area is 184 Å². The van der Waals surface area contributed by atoms with Gasteiger partial charge < -0.3 is 9.80 Å². The molecule has 1 saturated heterocycles. The summed E-state index contributed by atoms with van der Waals surface area (Å²) in [5.74, 6) is 0.0881. The van der Waals surface area contributed by atoms with Gasteiger partial charge in [-0.3, -0.25) is 9.59 Å². The van der Waals surface area contributed by atoms with Crippen LogP contribution < -0.4 is 4.90 Å². The predicted octanol–water partition coefficient (Wildman–Crippen LogP) is 4.97. The summed E-state index contributed by atoms with van der Waals surface area (Å²) in [5.41, 5.74) is 5.37. The summed E-state index contributed by atoms with van der Waals surface area (Å²) in [5, 5.41) is 0. The van der Waals surface area contributed by atoms with E-state index in [1.807, 2.05) is 65.6 Å². The second kappa shape index (κ2) is 9.61. The standard InChI is InChI=1S/C27H28N2O2/c1-21-7-5-6-10-25(21)28-17-19-29(20-18-28)27(31)16-15-26(30)24-13-11-23(12-14-24)22-8-3-2-4-9-22/h2-14H,15-20H2,1H3. The van der Waals surface area contributed by atoms with Crippen molar-refractivity contribution >= 4 is 17.4 Å². The van der Waals surface area contributed by atoms with E-state index >= 15 is 0 Å². The monoisotopic (exact) mass is 412 g/mol. The van der Waals surface area contributed by atoms with Gasteiger partial charge >= 0.3 is 0 Å². The van der Waals surface area contributed by atoms with Gasteiger partial charge in [0.15, 0.2) is 5.78 Å². The molecule has 0 bridgehead atoms. The van der Waals surface area contributed by atoms with Crippen molar-refractivity contribution in [2.24, 2.45) is 0 Å². The molecule has 1 heterocycles. The van der Waals surface area contributed by atoms with Crippen LogP contribution in [0.25, 0.3) is 11.1 Å². The van der Waals surface area contributed by atoms with Crippen LogP contribution in [0.2, 0.25) is 0 Å². The van der Waals surface area contributed by atoms with Crippen LogP contribution >= 0.6 is 0 Å². The number of para-hydroxylation sites is 1. The fourth-order valence-corrected chi connectivity index (χ4v) is 4.12. The molecule has 0 aliphatic carbocycles. The molecule has 1 aliphatic rings. The smallest absolute Gasteiger partial charge is 0.223 e. The Kier molecular flexibility index (Phi) is 6.46. The highest BCUT2D eigenvalue weighted by molar-refractivity contribution is 5.98. The summed E-state index contributed by atoms with van der Waals surface area (Å²) in [6.45, 7) is 5.17. The number of carbonyl (C=O) groups excluding carboxylic acids is 2. The summed E-state index contributed by atoms with van der Waals surface area (Å²) in [7, 11) is 0. The molecule has 0 radical (unpaired) electrons. The fraction of sp³-hybridized carbons (Fsp3) is 0.259. The normalized spacial score (nSPS) is 13.8. The van der Waals surface area contributed by atoms with Crippen LogP contribution in [0, 0.1) is 6.92 Å². The molecular weight excluding hydrogens is 384 g/mol. The van der Waals surface area contributed by atoms with E-state index in [9.17, 15) is 9.59 Å². The number of piperazine rings is 1. The Hall–Kier alpha value is -3.40. The molecule has 0 N–H and O–H groups in total. The molecule has 158 valence electrons. The zero-order valence-electron chi connectivity index (χ0n) is 18.0. The van der Waals surface area contributed by atoms with Crippen molar-refractivity contribution in [3.63, 3.8) is 0 Å². The van der Waals surface area contributed by atoms with Crippen molar-refractivity contribution in [2.45, 2.75) is 19.8 Å². The minimum atomic E-state index is 0.0199. The summed E-state index contributed by atoms with van der Waals surface area (Å²) < 4.78 is 0. The number of aryl methyl sites for hydroxylation is 1. The quantitative estimate of drug-likeness (QED) is 0.537. The lowest BCUT2D eigenvalue weighted by atomic mass is 10.0. The van der Waals surface area contributed by atoms with E-state index in [4.69, 9.17) is 0 Å². The Balaban J connectivity index is 1.27. The number of ketones is 1. The SMILES string of the molecule is Cc1ccccc1N1CCN(C(=O)CCC(=O)c2ccc(-c3ccccc3)cc2)CC1. The number of hydrogen-bond acceptors (Lipinski definition) is 3. The molecule has 0 atom stereocenters. The Morgan fingerprint density at radius 1 is 0.710 bits per heavy atom. The maximum Gasteiger partial charge on any atom is 0.223 e. The molecule has 4 nitrogen and oxygen atoms in total. The molecule has 31 heavy (non-hydrogen) atoms. The highest BCUT2D eigenvalue weighted by Crippen LogP contribution is 2.22. The summed E-state index contributed by atoms with van der Waals surface area (Å²) >= 11 is 0. The number of rotatable bonds is 6. The van der Waals surface area contributed by atoms with Crippen LogP contribution in [0.15, 0.2) is 78.9 Å². The number of amides is 1. The minimum absolute atomic E-state index is 0.0199. The van der Waals surface area contributed by atoms with Gasteiger partial charge in [0, 0.05) is 50.3 Å². The third-order valence-electron chi connectivity index (χ3n) is 5.97. The van der Waals surface area contributed by atoms with Gasteiger partial charge in [-0.25, -0.2) is 0 Å². The van der Waals surface area contributed by atoms with Crippen molar-refractivity contribution in [1.82, 2.24) is 4.90 Å². The molecule has 3 aromatic carbocycles. The van der Waals surface area contributed by atoms with Gasteiger partial charge in [0.1, 0.15) is 0 Å². The average Bonchev–Trinajstić information content (AvgIpc) is 2.83. The van der Waals surface area contributed by atoms with Crippen molar-refractivity contribution in [3.05, 3.63) is 90.0 Å². The lowest BCUT2D eigenvalue weighted by molar-refractivity contribution is -0.131. The molecule has 1 amide bonds. The second-order valence-corrected chi connectivity index (χ2v) is 8.02. The molecule has 0 saturated carbocycles. The van der Waals surface area contributed by atoms with Gasteiger partial charge in [-0.1, -0.05) is 72.8 Å². The van der Waals surface area contributed by atoms with Crippen molar-refractivity contribution in [2.75, 3.05) is 31.1 Å². The zero-order chi connectivity index (χ0) is 21.6. The number of carbonyl (C=O) groups is 2. The maximum atomic E-state index is 12.6. The summed E-state index contributed by atoms with van der Waals surface area (Å²) in [6, 6.07) is 26.1. The van der Waals surface area contributed by atoms with E-state index < -0.39 is 0 Å². The number of Topliss-reactive ketones (excluding diaryl/α,β-unsaturated/α-hetero) is 1. The second-order valence-electron chi connectivity index (χ2n) is 8.02. The lowest BCUT2D eigenvalue weighted by Gasteiger charge is -2.36. The van der Waals surface area contributed by atoms with Gasteiger partial charge in [0.05, 0.1) is 0 Å². The fourth-order valence-electron chi connectivity index (χ4n) is 4.12. The molecule has 0 aromatic heterocycles. The van der Waals surface area contributed by atoms with E-state index in [-0.39, 0.29) is 24.5 Å². The van der Waals surface area contributed by atoms with Gasteiger partial charge in [0.2, 0.25) is 5.91 Å². The van der Waals surface area contributed by atoms with Crippen molar-refractivity contribution in [1.29, 1.82) is 0 Å². The first-order valence-corrected chi connectivity index (χ1v) is 10.9. The van der Waals surface area contributed by atoms with Crippen LogP contribution in [0.1, 0.15) is 28.8 Å². The Bertz CT molecular complexity index is 1040. The predicted molar refractivity (Wildman–Crippen MR) is 125 cm³/mol. The molecular formula is C27H28N2O2. The van der Waals surface area contributed by atoms with Gasteiger partial charge in [-0.05, 0) is 29.7 Å². The van der Waals surface area contributed by atoms with E-state index in [1.54, 1.807) is 0 Å². The van der Waals surface area contributed by atoms with E-state index in [0.717, 1.165) is 24.2 Å². The first-order valence-electron chi connectivity index (χ1n) is 10.9. The van der Waals surface area contributed by atoms with Crippen LogP contribution in [0.4, 0.5) is 5.69 Å². The number of benzene rings is 3. The molecule has 1 fully saturated rings. The maximum absolute atomic E-state index is 12.6. The summed E-state index contributed by atoms with van der Waals surface area (Å²) in [4.78, 5) is 29.4. The average molecular weight is 413 g/mol. The first-order chi connectivity index (χ1) is 15.1. The van der Waals surface area contributed by atoms with E-state index in [0.29, 0.717) is 18.7 Å². The van der Waals surface area contributed by atoms with Gasteiger partial charge in [0.25, 0.3) is 0 Å². The van der Waals surface area contributed by atoms with E-state index in [1.165, 1.54) is 11.3 Å². The van der Waals surface area contributed by atoms with Crippen LogP contribution in [-0.4, -0.2) is 42.8 Å². The Morgan fingerprint density at radius 3 is 2.00 bits per heavy atom. The third-order valence-corrected chi connectivity index (χ3v) is 5.97. The number of nitrogens with zero attached hydrogens (tertiary/aromatic N) is 2. The highest BCUT2D eigenvalue weighted by atomic mass is 16.2. The van der Waals surface area contributed by atoms with Crippen LogP contribution in [0.3, 0.4) is 0 Å². The van der Waals surface area contributed by atoms with Gasteiger partial charge in [-0.2, -0.15) is 0 Å². The Morgan fingerprint density at radius 2 is 1.32 bits per heavy atom. The lowest BCUT2D eigenvalue weighted by Crippen LogP contribution is -2.49. The van der Waals surface area contributed by atoms with Gasteiger partial charge in [-0.15, -0.1) is 0 Å². The summed E-state index contributed by atoms with van der Waals surface area (Å²) in [6.07, 6.45) is 0.519. The van der Waals surface area contributed by atoms with Crippen LogP contribution in [0.5, 0.6) is 0 Å². The number of hydrogen-bond donors (Lipinski definition) is 0. The molecule has 0 spiro atoms. The van der Waals surface area contributed by atoms with Crippen molar-refractivity contribution < 1.29 is 9.59 Å². The third kappa shape index (κ3) is 5.02.